The third-order valence-corrected chi connectivity index (χ3v) is 4.69. The van der Waals surface area contributed by atoms with Crippen LogP contribution >= 0.6 is 12.2 Å². The minimum atomic E-state index is -0.526. The molecule has 0 aliphatic carbocycles. The summed E-state index contributed by atoms with van der Waals surface area (Å²) in [6.07, 6.45) is 1.59. The van der Waals surface area contributed by atoms with Gasteiger partial charge in [0.1, 0.15) is 5.75 Å². The molecular formula is C23H23N3O4S. The van der Waals surface area contributed by atoms with Crippen molar-refractivity contribution in [2.75, 3.05) is 20.8 Å². The highest BCUT2D eigenvalue weighted by Crippen LogP contribution is 2.30. The van der Waals surface area contributed by atoms with Crippen molar-refractivity contribution in [3.63, 3.8) is 0 Å². The fraction of sp³-hybridized carbons (Fsp3) is 0.174. The molecular weight excluding hydrogens is 414 g/mol. The van der Waals surface area contributed by atoms with Crippen LogP contribution in [0.25, 0.3) is 10.8 Å². The smallest absolute Gasteiger partial charge is 0.343 e. The lowest BCUT2D eigenvalue weighted by atomic mass is 10.0. The Labute approximate surface area is 186 Å². The van der Waals surface area contributed by atoms with Gasteiger partial charge >= 0.3 is 5.97 Å². The van der Waals surface area contributed by atoms with Crippen LogP contribution < -0.4 is 25.0 Å². The van der Waals surface area contributed by atoms with Gasteiger partial charge in [0.25, 0.3) is 0 Å². The second kappa shape index (κ2) is 10.4. The number of ether oxygens (including phenoxy) is 3. The molecule has 0 radical (unpaired) electrons. The van der Waals surface area contributed by atoms with E-state index in [-0.39, 0.29) is 0 Å². The van der Waals surface area contributed by atoms with E-state index in [1.54, 1.807) is 30.5 Å². The first-order valence-corrected chi connectivity index (χ1v) is 10.0. The van der Waals surface area contributed by atoms with E-state index in [0.717, 1.165) is 10.8 Å². The first-order chi connectivity index (χ1) is 15.1. The Hall–Kier alpha value is -3.65. The monoisotopic (exact) mass is 437 g/mol. The van der Waals surface area contributed by atoms with E-state index in [2.05, 4.69) is 15.8 Å². The van der Waals surface area contributed by atoms with Crippen molar-refractivity contribution < 1.29 is 19.0 Å². The van der Waals surface area contributed by atoms with Gasteiger partial charge in [0, 0.05) is 12.1 Å². The molecule has 160 valence electrons. The molecule has 2 N–H and O–H groups in total. The van der Waals surface area contributed by atoms with E-state index in [9.17, 15) is 4.79 Å². The molecule has 0 saturated carbocycles. The molecule has 7 nitrogen and oxygen atoms in total. The summed E-state index contributed by atoms with van der Waals surface area (Å²) in [6, 6.07) is 16.3. The predicted molar refractivity (Wildman–Crippen MR) is 125 cm³/mol. The summed E-state index contributed by atoms with van der Waals surface area (Å²) >= 11 is 5.13. The zero-order valence-corrected chi connectivity index (χ0v) is 18.3. The third kappa shape index (κ3) is 5.29. The standard InChI is InChI=1S/C23H23N3O4S/c1-4-24-23(31)26-25-14-18-17-8-6-5-7-15(17)9-11-19(18)30-22(27)16-10-12-20(28-2)21(13-16)29-3/h5-14H,4H2,1-3H3,(H2,24,26,31). The minimum Gasteiger partial charge on any atom is -0.493 e. The average Bonchev–Trinajstić information content (AvgIpc) is 2.79. The van der Waals surface area contributed by atoms with Crippen LogP contribution in [0.4, 0.5) is 0 Å². The first kappa shape index (κ1) is 22.0. The Morgan fingerprint density at radius 3 is 2.52 bits per heavy atom. The summed E-state index contributed by atoms with van der Waals surface area (Å²) in [5.74, 6) is 0.819. The van der Waals surface area contributed by atoms with E-state index in [1.807, 2.05) is 37.3 Å². The lowest BCUT2D eigenvalue weighted by molar-refractivity contribution is 0.0734. The number of hydrazone groups is 1. The predicted octanol–water partition coefficient (Wildman–Crippen LogP) is 3.89. The van der Waals surface area contributed by atoms with Crippen LogP contribution in [0, 0.1) is 0 Å². The summed E-state index contributed by atoms with van der Waals surface area (Å²) in [6.45, 7) is 2.62. The van der Waals surface area contributed by atoms with E-state index < -0.39 is 5.97 Å². The van der Waals surface area contributed by atoms with Crippen molar-refractivity contribution in [1.29, 1.82) is 0 Å². The van der Waals surface area contributed by atoms with Crippen LogP contribution in [0.15, 0.2) is 59.7 Å². The highest BCUT2D eigenvalue weighted by atomic mass is 32.1. The number of nitrogens with zero attached hydrogens (tertiary/aromatic N) is 1. The number of fused-ring (bicyclic) bond motifs is 1. The molecule has 0 aliphatic heterocycles. The van der Waals surface area contributed by atoms with E-state index in [0.29, 0.717) is 40.0 Å². The number of carbonyl (C=O) groups is 1. The van der Waals surface area contributed by atoms with Crippen molar-refractivity contribution in [2.45, 2.75) is 6.92 Å². The van der Waals surface area contributed by atoms with Crippen molar-refractivity contribution in [3.8, 4) is 17.2 Å². The average molecular weight is 438 g/mol. The molecule has 0 heterocycles. The Morgan fingerprint density at radius 1 is 1.03 bits per heavy atom. The van der Waals surface area contributed by atoms with Crippen molar-refractivity contribution >= 4 is 40.3 Å². The maximum atomic E-state index is 12.8. The SMILES string of the molecule is CCNC(=S)NN=Cc1c(OC(=O)c2ccc(OC)c(OC)c2)ccc2ccccc12. The van der Waals surface area contributed by atoms with Crippen LogP contribution in [0.3, 0.4) is 0 Å². The van der Waals surface area contributed by atoms with Crippen LogP contribution in [0.2, 0.25) is 0 Å². The summed E-state index contributed by atoms with van der Waals surface area (Å²) in [7, 11) is 3.04. The second-order valence-corrected chi connectivity index (χ2v) is 6.80. The molecule has 0 aromatic heterocycles. The van der Waals surface area contributed by atoms with Gasteiger partial charge in [0.15, 0.2) is 16.6 Å². The minimum absolute atomic E-state index is 0.333. The highest BCUT2D eigenvalue weighted by molar-refractivity contribution is 7.80. The molecule has 31 heavy (non-hydrogen) atoms. The van der Waals surface area contributed by atoms with Crippen LogP contribution in [0.5, 0.6) is 17.2 Å². The van der Waals surface area contributed by atoms with Gasteiger partial charge in [-0.3, -0.25) is 5.43 Å². The largest absolute Gasteiger partial charge is 0.493 e. The summed E-state index contributed by atoms with van der Waals surface area (Å²) < 4.78 is 16.2. The van der Waals surface area contributed by atoms with E-state index >= 15 is 0 Å². The van der Waals surface area contributed by atoms with Gasteiger partial charge in [-0.05, 0) is 54.2 Å². The van der Waals surface area contributed by atoms with Crippen LogP contribution in [-0.4, -0.2) is 38.1 Å². The lowest BCUT2D eigenvalue weighted by Gasteiger charge is -2.12. The maximum Gasteiger partial charge on any atom is 0.343 e. The molecule has 0 aliphatic rings. The van der Waals surface area contributed by atoms with Crippen molar-refractivity contribution in [3.05, 3.63) is 65.7 Å². The Bertz CT molecular complexity index is 1130. The third-order valence-electron chi connectivity index (χ3n) is 4.45. The normalized spacial score (nSPS) is 10.7. The van der Waals surface area contributed by atoms with Gasteiger partial charge in [-0.1, -0.05) is 30.3 Å². The van der Waals surface area contributed by atoms with Gasteiger partial charge < -0.3 is 19.5 Å². The number of rotatable bonds is 7. The topological polar surface area (TPSA) is 81.2 Å². The zero-order valence-electron chi connectivity index (χ0n) is 17.5. The van der Waals surface area contributed by atoms with Gasteiger partial charge in [0.05, 0.1) is 26.0 Å². The molecule has 0 spiro atoms. The van der Waals surface area contributed by atoms with Gasteiger partial charge in [-0.2, -0.15) is 5.10 Å². The fourth-order valence-corrected chi connectivity index (χ4v) is 3.17. The Morgan fingerprint density at radius 2 is 1.77 bits per heavy atom. The fourth-order valence-electron chi connectivity index (χ4n) is 2.98. The second-order valence-electron chi connectivity index (χ2n) is 6.39. The lowest BCUT2D eigenvalue weighted by Crippen LogP contribution is -2.31. The summed E-state index contributed by atoms with van der Waals surface area (Å²) in [4.78, 5) is 12.8. The highest BCUT2D eigenvalue weighted by Gasteiger charge is 2.16. The number of nitrogens with one attached hydrogen (secondary N) is 2. The number of thiocarbonyl (C=S) groups is 1. The number of methoxy groups -OCH3 is 2. The number of hydrogen-bond acceptors (Lipinski definition) is 6. The molecule has 3 rings (SSSR count). The van der Waals surface area contributed by atoms with E-state index in [4.69, 9.17) is 26.4 Å². The Kier molecular flexibility index (Phi) is 7.40. The number of esters is 1. The molecule has 3 aromatic rings. The molecule has 0 bridgehead atoms. The first-order valence-electron chi connectivity index (χ1n) is 9.60. The van der Waals surface area contributed by atoms with Crippen molar-refractivity contribution in [2.24, 2.45) is 5.10 Å². The molecule has 0 atom stereocenters. The Balaban J connectivity index is 1.93. The molecule has 0 saturated heterocycles. The molecule has 0 fully saturated rings. The number of carbonyl (C=O) groups excluding carboxylic acids is 1. The van der Waals surface area contributed by atoms with E-state index in [1.165, 1.54) is 14.2 Å². The molecule has 0 amide bonds. The summed E-state index contributed by atoms with van der Waals surface area (Å²) in [5, 5.41) is 9.44. The van der Waals surface area contributed by atoms with Crippen LogP contribution in [-0.2, 0) is 0 Å². The number of benzene rings is 3. The van der Waals surface area contributed by atoms with Gasteiger partial charge in [-0.25, -0.2) is 4.79 Å². The maximum absolute atomic E-state index is 12.8. The number of hydrogen-bond donors (Lipinski definition) is 2. The molecule has 8 heteroatoms. The van der Waals surface area contributed by atoms with Gasteiger partial charge in [0.2, 0.25) is 0 Å². The summed E-state index contributed by atoms with van der Waals surface area (Å²) in [5.41, 5.74) is 3.74. The van der Waals surface area contributed by atoms with Crippen molar-refractivity contribution in [1.82, 2.24) is 10.7 Å². The quantitative estimate of drug-likeness (QED) is 0.191. The van der Waals surface area contributed by atoms with Crippen LogP contribution in [0.1, 0.15) is 22.8 Å². The molecule has 3 aromatic carbocycles. The van der Waals surface area contributed by atoms with Gasteiger partial charge in [-0.15, -0.1) is 0 Å². The zero-order chi connectivity index (χ0) is 22.2. The molecule has 0 unspecified atom stereocenters.